The molecule has 0 aromatic heterocycles. The van der Waals surface area contributed by atoms with E-state index >= 15 is 0 Å². The van der Waals surface area contributed by atoms with Crippen LogP contribution in [0.25, 0.3) is 0 Å². The average Bonchev–Trinajstić information content (AvgIpc) is 2.26. The highest BCUT2D eigenvalue weighted by Gasteiger charge is 2.13. The molecular formula is C12H15FO2. The van der Waals surface area contributed by atoms with Crippen molar-refractivity contribution in [2.45, 2.75) is 25.7 Å². The largest absolute Gasteiger partial charge is 0.497 e. The molecule has 0 spiro atoms. The van der Waals surface area contributed by atoms with Gasteiger partial charge in [-0.05, 0) is 24.0 Å². The summed E-state index contributed by atoms with van der Waals surface area (Å²) in [6.07, 6.45) is 1.94. The molecule has 0 saturated heterocycles. The Labute approximate surface area is 89.1 Å². The van der Waals surface area contributed by atoms with Crippen LogP contribution in [0.3, 0.4) is 0 Å². The van der Waals surface area contributed by atoms with Crippen molar-refractivity contribution in [1.82, 2.24) is 0 Å². The first-order valence-electron chi connectivity index (χ1n) is 5.00. The van der Waals surface area contributed by atoms with Gasteiger partial charge in [-0.2, -0.15) is 0 Å². The molecule has 2 nitrogen and oxygen atoms in total. The number of benzene rings is 1. The van der Waals surface area contributed by atoms with Crippen LogP contribution >= 0.6 is 0 Å². The average molecular weight is 210 g/mol. The van der Waals surface area contributed by atoms with Crippen molar-refractivity contribution in [3.05, 3.63) is 29.6 Å². The Morgan fingerprint density at radius 1 is 1.53 bits per heavy atom. The third-order valence-corrected chi connectivity index (χ3v) is 2.52. The molecule has 0 amide bonds. The van der Waals surface area contributed by atoms with Crippen LogP contribution in [0.1, 0.15) is 31.2 Å². The zero-order valence-electron chi connectivity index (χ0n) is 9.00. The number of ether oxygens (including phenoxy) is 1. The monoisotopic (exact) mass is 210 g/mol. The summed E-state index contributed by atoms with van der Waals surface area (Å²) in [6.45, 7) is 1.94. The van der Waals surface area contributed by atoms with E-state index in [0.717, 1.165) is 12.7 Å². The van der Waals surface area contributed by atoms with E-state index in [0.29, 0.717) is 17.7 Å². The molecule has 82 valence electrons. The van der Waals surface area contributed by atoms with Crippen LogP contribution < -0.4 is 4.74 Å². The quantitative estimate of drug-likeness (QED) is 0.698. The Balaban J connectivity index is 2.97. The van der Waals surface area contributed by atoms with E-state index in [1.807, 2.05) is 6.92 Å². The van der Waals surface area contributed by atoms with Crippen molar-refractivity contribution >= 4 is 6.29 Å². The van der Waals surface area contributed by atoms with Crippen molar-refractivity contribution in [2.75, 3.05) is 7.11 Å². The fourth-order valence-electron chi connectivity index (χ4n) is 1.60. The molecular weight excluding hydrogens is 195 g/mol. The Hall–Kier alpha value is -1.38. The summed E-state index contributed by atoms with van der Waals surface area (Å²) in [5, 5.41) is 0. The Kier molecular flexibility index (Phi) is 4.28. The van der Waals surface area contributed by atoms with Crippen LogP contribution in [0.2, 0.25) is 0 Å². The normalized spacial score (nSPS) is 12.2. The van der Waals surface area contributed by atoms with Crippen molar-refractivity contribution in [3.8, 4) is 5.75 Å². The van der Waals surface area contributed by atoms with Crippen LogP contribution in [0.15, 0.2) is 18.2 Å². The molecule has 0 aliphatic carbocycles. The molecule has 3 heteroatoms. The molecule has 0 saturated carbocycles. The number of aldehydes is 1. The Bertz CT molecular complexity index is 336. The predicted molar refractivity (Wildman–Crippen MR) is 56.7 cm³/mol. The maximum atomic E-state index is 13.6. The number of methoxy groups -OCH3 is 1. The molecule has 0 bridgehead atoms. The third kappa shape index (κ3) is 2.78. The minimum absolute atomic E-state index is 0.0339. The summed E-state index contributed by atoms with van der Waals surface area (Å²) < 4.78 is 18.5. The molecule has 1 aromatic carbocycles. The summed E-state index contributed by atoms with van der Waals surface area (Å²) in [5.74, 6) is 0.161. The highest BCUT2D eigenvalue weighted by atomic mass is 19.1. The number of hydrogen-bond donors (Lipinski definition) is 0. The van der Waals surface area contributed by atoms with E-state index in [1.165, 1.54) is 13.2 Å². The van der Waals surface area contributed by atoms with E-state index in [4.69, 9.17) is 4.74 Å². The number of hydrogen-bond acceptors (Lipinski definition) is 2. The lowest BCUT2D eigenvalue weighted by atomic mass is 9.93. The lowest BCUT2D eigenvalue weighted by molar-refractivity contribution is -0.108. The molecule has 0 fully saturated rings. The molecule has 0 N–H and O–H groups in total. The lowest BCUT2D eigenvalue weighted by Crippen LogP contribution is -2.01. The lowest BCUT2D eigenvalue weighted by Gasteiger charge is -2.13. The molecule has 1 aromatic rings. The van der Waals surface area contributed by atoms with Gasteiger partial charge in [0.15, 0.2) is 0 Å². The van der Waals surface area contributed by atoms with Crippen molar-refractivity contribution in [3.63, 3.8) is 0 Å². The molecule has 1 unspecified atom stereocenters. The van der Waals surface area contributed by atoms with Gasteiger partial charge in [-0.3, -0.25) is 0 Å². The van der Waals surface area contributed by atoms with Crippen LogP contribution in [0, 0.1) is 5.82 Å². The molecule has 0 heterocycles. The van der Waals surface area contributed by atoms with Crippen molar-refractivity contribution in [1.29, 1.82) is 0 Å². The number of halogens is 1. The SMILES string of the molecule is CCC(CC=O)c1ccc(OC)cc1F. The molecule has 0 aliphatic rings. The molecule has 1 atom stereocenters. The highest BCUT2D eigenvalue weighted by Crippen LogP contribution is 2.27. The van der Waals surface area contributed by atoms with Gasteiger partial charge in [-0.1, -0.05) is 13.0 Å². The van der Waals surface area contributed by atoms with E-state index in [2.05, 4.69) is 0 Å². The zero-order valence-corrected chi connectivity index (χ0v) is 9.00. The summed E-state index contributed by atoms with van der Waals surface area (Å²) in [4.78, 5) is 10.4. The van der Waals surface area contributed by atoms with Crippen LogP contribution in [-0.2, 0) is 4.79 Å². The number of carbonyl (C=O) groups excluding carboxylic acids is 1. The fraction of sp³-hybridized carbons (Fsp3) is 0.417. The summed E-state index contributed by atoms with van der Waals surface area (Å²) >= 11 is 0. The van der Waals surface area contributed by atoms with Crippen molar-refractivity contribution < 1.29 is 13.9 Å². The Morgan fingerprint density at radius 3 is 2.73 bits per heavy atom. The van der Waals surface area contributed by atoms with Crippen LogP contribution in [0.4, 0.5) is 4.39 Å². The minimum Gasteiger partial charge on any atom is -0.497 e. The number of carbonyl (C=O) groups is 1. The van der Waals surface area contributed by atoms with Gasteiger partial charge in [0.05, 0.1) is 7.11 Å². The van der Waals surface area contributed by atoms with Gasteiger partial charge in [0.1, 0.15) is 17.9 Å². The smallest absolute Gasteiger partial charge is 0.130 e. The molecule has 0 aliphatic heterocycles. The second-order valence-electron chi connectivity index (χ2n) is 3.39. The first-order valence-corrected chi connectivity index (χ1v) is 5.00. The van der Waals surface area contributed by atoms with E-state index in [1.54, 1.807) is 12.1 Å². The van der Waals surface area contributed by atoms with Gasteiger partial charge in [0.25, 0.3) is 0 Å². The topological polar surface area (TPSA) is 26.3 Å². The summed E-state index contributed by atoms with van der Waals surface area (Å²) in [5.41, 5.74) is 0.588. The standard InChI is InChI=1S/C12H15FO2/c1-3-9(6-7-14)11-5-4-10(15-2)8-12(11)13/h4-5,7-9H,3,6H2,1-2H3. The first kappa shape index (κ1) is 11.7. The summed E-state index contributed by atoms with van der Waals surface area (Å²) in [6, 6.07) is 4.75. The second-order valence-corrected chi connectivity index (χ2v) is 3.39. The maximum Gasteiger partial charge on any atom is 0.130 e. The van der Waals surface area contributed by atoms with Gasteiger partial charge in [-0.15, -0.1) is 0 Å². The molecule has 0 radical (unpaired) electrons. The Morgan fingerprint density at radius 2 is 2.27 bits per heavy atom. The van der Waals surface area contributed by atoms with Gasteiger partial charge >= 0.3 is 0 Å². The summed E-state index contributed by atoms with van der Waals surface area (Å²) in [7, 11) is 1.50. The van der Waals surface area contributed by atoms with Gasteiger partial charge in [0.2, 0.25) is 0 Å². The zero-order chi connectivity index (χ0) is 11.3. The van der Waals surface area contributed by atoms with Crippen LogP contribution in [-0.4, -0.2) is 13.4 Å². The van der Waals surface area contributed by atoms with E-state index in [9.17, 15) is 9.18 Å². The predicted octanol–water partition coefficient (Wildman–Crippen LogP) is 2.92. The molecule has 15 heavy (non-hydrogen) atoms. The molecule has 1 rings (SSSR count). The van der Waals surface area contributed by atoms with Crippen LogP contribution in [0.5, 0.6) is 5.75 Å². The minimum atomic E-state index is -0.303. The third-order valence-electron chi connectivity index (χ3n) is 2.52. The fourth-order valence-corrected chi connectivity index (χ4v) is 1.60. The van der Waals surface area contributed by atoms with Gasteiger partial charge in [-0.25, -0.2) is 4.39 Å². The number of rotatable bonds is 5. The second kappa shape index (κ2) is 5.49. The highest BCUT2D eigenvalue weighted by molar-refractivity contribution is 5.52. The first-order chi connectivity index (χ1) is 7.22. The van der Waals surface area contributed by atoms with Gasteiger partial charge in [0, 0.05) is 12.5 Å². The maximum absolute atomic E-state index is 13.6. The van der Waals surface area contributed by atoms with E-state index < -0.39 is 0 Å². The van der Waals surface area contributed by atoms with E-state index in [-0.39, 0.29) is 11.7 Å². The van der Waals surface area contributed by atoms with Gasteiger partial charge < -0.3 is 9.53 Å². The van der Waals surface area contributed by atoms with Crippen molar-refractivity contribution in [2.24, 2.45) is 0 Å².